The molecule has 0 spiro atoms. The van der Waals surface area contributed by atoms with Crippen molar-refractivity contribution in [3.8, 4) is 10.4 Å². The molecular weight excluding hydrogens is 639 g/mol. The quantitative estimate of drug-likeness (QED) is 0.162. The minimum atomic E-state index is 0.00683. The molecule has 5 heterocycles. The smallest absolute Gasteiger partial charge is 0.333 e. The summed E-state index contributed by atoms with van der Waals surface area (Å²) in [6, 6.07) is 47.4. The lowest BCUT2D eigenvalue weighted by Gasteiger charge is -2.38. The van der Waals surface area contributed by atoms with Crippen molar-refractivity contribution in [1.82, 2.24) is 4.48 Å². The van der Waals surface area contributed by atoms with Crippen LogP contribution in [0.3, 0.4) is 0 Å². The van der Waals surface area contributed by atoms with Crippen LogP contribution < -0.4 is 15.8 Å². The lowest BCUT2D eigenvalue weighted by Crippen LogP contribution is -2.55. The second-order valence-electron chi connectivity index (χ2n) is 15.4. The summed E-state index contributed by atoms with van der Waals surface area (Å²) in [5, 5.41) is 12.2. The van der Waals surface area contributed by atoms with Gasteiger partial charge in [-0.3, -0.25) is 0 Å². The van der Waals surface area contributed by atoms with Crippen LogP contribution in [0.4, 0.5) is 17.1 Å². The number of thiophene rings is 1. The first kappa shape index (κ1) is 28.0. The molecule has 7 aromatic carbocycles. The number of rotatable bonds is 1. The summed E-state index contributed by atoms with van der Waals surface area (Å²) >= 11 is 1.88. The van der Waals surface area contributed by atoms with Crippen molar-refractivity contribution in [3.63, 3.8) is 0 Å². The van der Waals surface area contributed by atoms with Gasteiger partial charge >= 0.3 is 6.85 Å². The van der Waals surface area contributed by atoms with Crippen LogP contribution in [0.5, 0.6) is 0 Å². The Morgan fingerprint density at radius 3 is 2.22 bits per heavy atom. The Morgan fingerprint density at radius 2 is 1.39 bits per heavy atom. The van der Waals surface area contributed by atoms with Crippen molar-refractivity contribution in [1.29, 1.82) is 0 Å². The fraction of sp³-hybridized carbons (Fsp3) is 0.0870. The van der Waals surface area contributed by atoms with Gasteiger partial charge in [0, 0.05) is 48.9 Å². The van der Waals surface area contributed by atoms with Crippen molar-refractivity contribution >= 4 is 111 Å². The Kier molecular flexibility index (Phi) is 5.22. The monoisotopic (exact) mass is 670 g/mol. The van der Waals surface area contributed by atoms with E-state index in [1.54, 1.807) is 0 Å². The van der Waals surface area contributed by atoms with Gasteiger partial charge in [-0.15, -0.1) is 11.3 Å². The molecule has 0 fully saturated rings. The van der Waals surface area contributed by atoms with Gasteiger partial charge in [0.05, 0.1) is 16.6 Å². The number of furan rings is 1. The fourth-order valence-corrected chi connectivity index (χ4v) is 10.2. The summed E-state index contributed by atoms with van der Waals surface area (Å²) in [5.74, 6) is 0. The third-order valence-electron chi connectivity index (χ3n) is 11.5. The Bertz CT molecular complexity index is 3160. The molecule has 0 saturated carbocycles. The standard InChI is InChI=1S/C46H31BN2OS/c1-46(2,3)30-17-19-37-34(23-30)41-43-35(24-33-32-14-8-9-15-40(32)50-44(33)41)45-42-39(25-51-45)48(31-18-16-26-10-4-5-11-27(26)20-31)38-22-29-13-7-6-12-28(29)21-36(38)47(42)49(37)43/h4-25H,1-3H3. The maximum absolute atomic E-state index is 6.83. The van der Waals surface area contributed by atoms with Gasteiger partial charge < -0.3 is 13.8 Å². The molecule has 3 aromatic heterocycles. The van der Waals surface area contributed by atoms with Crippen LogP contribution in [0.2, 0.25) is 0 Å². The van der Waals surface area contributed by atoms with E-state index < -0.39 is 0 Å². The maximum Gasteiger partial charge on any atom is 0.333 e. The molecule has 240 valence electrons. The van der Waals surface area contributed by atoms with Crippen molar-refractivity contribution in [2.45, 2.75) is 26.2 Å². The van der Waals surface area contributed by atoms with Crippen molar-refractivity contribution < 1.29 is 4.42 Å². The predicted molar refractivity (Wildman–Crippen MR) is 219 cm³/mol. The van der Waals surface area contributed by atoms with E-state index in [-0.39, 0.29) is 12.3 Å². The van der Waals surface area contributed by atoms with Crippen LogP contribution in [0, 0.1) is 0 Å². The summed E-state index contributed by atoms with van der Waals surface area (Å²) in [6.07, 6.45) is 0. The largest absolute Gasteiger partial charge is 0.455 e. The van der Waals surface area contributed by atoms with E-state index in [1.807, 2.05) is 11.3 Å². The van der Waals surface area contributed by atoms with Gasteiger partial charge in [0.25, 0.3) is 0 Å². The lowest BCUT2D eigenvalue weighted by atomic mass is 9.46. The molecule has 3 nitrogen and oxygen atoms in total. The van der Waals surface area contributed by atoms with Crippen LogP contribution in [0.1, 0.15) is 26.3 Å². The third kappa shape index (κ3) is 3.59. The molecule has 12 rings (SSSR count). The molecular formula is C46H31BN2OS. The van der Waals surface area contributed by atoms with Crippen LogP contribution >= 0.6 is 11.3 Å². The van der Waals surface area contributed by atoms with Crippen molar-refractivity contribution in [2.75, 3.05) is 4.90 Å². The zero-order chi connectivity index (χ0) is 33.7. The maximum atomic E-state index is 6.83. The summed E-state index contributed by atoms with van der Waals surface area (Å²) in [4.78, 5) is 3.88. The van der Waals surface area contributed by atoms with E-state index in [0.29, 0.717) is 0 Å². The molecule has 0 saturated heterocycles. The number of fused-ring (bicyclic) bond motifs is 13. The molecule has 0 bridgehead atoms. The molecule has 0 unspecified atom stereocenters. The Hall–Kier alpha value is -5.78. The molecule has 0 radical (unpaired) electrons. The predicted octanol–water partition coefficient (Wildman–Crippen LogP) is 11.8. The van der Waals surface area contributed by atoms with E-state index in [9.17, 15) is 0 Å². The molecule has 0 N–H and O–H groups in total. The molecule has 0 aliphatic carbocycles. The highest BCUT2D eigenvalue weighted by atomic mass is 32.1. The molecule has 2 aliphatic rings. The summed E-state index contributed by atoms with van der Waals surface area (Å²) in [5.41, 5.74) is 13.5. The molecule has 10 aromatic rings. The van der Waals surface area contributed by atoms with E-state index in [4.69, 9.17) is 4.42 Å². The Morgan fingerprint density at radius 1 is 0.647 bits per heavy atom. The minimum Gasteiger partial charge on any atom is -0.455 e. The van der Waals surface area contributed by atoms with Gasteiger partial charge in [-0.05, 0) is 85.9 Å². The Labute approximate surface area is 299 Å². The van der Waals surface area contributed by atoms with Crippen molar-refractivity contribution in [2.24, 2.45) is 0 Å². The second-order valence-corrected chi connectivity index (χ2v) is 16.2. The van der Waals surface area contributed by atoms with Gasteiger partial charge in [0.2, 0.25) is 0 Å². The third-order valence-corrected chi connectivity index (χ3v) is 12.5. The average molecular weight is 671 g/mol. The fourth-order valence-electron chi connectivity index (χ4n) is 9.13. The Balaban J connectivity index is 1.26. The molecule has 5 heteroatoms. The number of para-hydroxylation sites is 1. The number of hydrogen-bond acceptors (Lipinski definition) is 3. The highest BCUT2D eigenvalue weighted by Gasteiger charge is 2.44. The molecule has 51 heavy (non-hydrogen) atoms. The molecule has 0 amide bonds. The first-order chi connectivity index (χ1) is 24.9. The number of nitrogens with zero attached hydrogens (tertiary/aromatic N) is 2. The van der Waals surface area contributed by atoms with Crippen LogP contribution in [-0.4, -0.2) is 11.3 Å². The van der Waals surface area contributed by atoms with Crippen LogP contribution in [0.25, 0.3) is 75.7 Å². The highest BCUT2D eigenvalue weighted by Crippen LogP contribution is 2.51. The van der Waals surface area contributed by atoms with Gasteiger partial charge in [-0.1, -0.05) is 106 Å². The topological polar surface area (TPSA) is 21.3 Å². The van der Waals surface area contributed by atoms with Crippen molar-refractivity contribution in [3.05, 3.63) is 138 Å². The van der Waals surface area contributed by atoms with Crippen LogP contribution in [0.15, 0.2) is 137 Å². The zero-order valence-corrected chi connectivity index (χ0v) is 29.3. The summed E-state index contributed by atoms with van der Waals surface area (Å²) in [7, 11) is 0. The molecule has 2 aliphatic heterocycles. The highest BCUT2D eigenvalue weighted by molar-refractivity contribution is 7.17. The average Bonchev–Trinajstić information content (AvgIpc) is 3.85. The van der Waals surface area contributed by atoms with E-state index >= 15 is 0 Å². The van der Waals surface area contributed by atoms with Gasteiger partial charge in [0.15, 0.2) is 0 Å². The van der Waals surface area contributed by atoms with Gasteiger partial charge in [-0.25, -0.2) is 0 Å². The number of aromatic nitrogens is 1. The number of anilines is 3. The van der Waals surface area contributed by atoms with E-state index in [1.165, 1.54) is 98.1 Å². The first-order valence-corrected chi connectivity index (χ1v) is 18.7. The SMILES string of the molecule is CC(C)(C)c1ccc2c(c1)c1c3oc4ccccc4c3cc3c1n2B1c2cc4ccccc4cc2N(c2ccc4ccccc4c2)c2csc-3c21. The van der Waals surface area contributed by atoms with Crippen LogP contribution in [-0.2, 0) is 5.41 Å². The minimum absolute atomic E-state index is 0.00683. The van der Waals surface area contributed by atoms with E-state index in [0.717, 1.165) is 11.2 Å². The number of benzene rings is 7. The summed E-state index contributed by atoms with van der Waals surface area (Å²) < 4.78 is 9.49. The number of hydrogen-bond donors (Lipinski definition) is 0. The van der Waals surface area contributed by atoms with E-state index in [2.05, 4.69) is 163 Å². The van der Waals surface area contributed by atoms with Gasteiger partial charge in [-0.2, -0.15) is 0 Å². The first-order valence-electron chi connectivity index (χ1n) is 17.8. The normalized spacial score (nSPS) is 13.7. The lowest BCUT2D eigenvalue weighted by molar-refractivity contribution is 0.591. The second kappa shape index (κ2) is 9.51. The van der Waals surface area contributed by atoms with Gasteiger partial charge in [0.1, 0.15) is 11.2 Å². The molecule has 0 atom stereocenters. The summed E-state index contributed by atoms with van der Waals surface area (Å²) in [6.45, 7) is 6.93. The zero-order valence-electron chi connectivity index (χ0n) is 28.5.